The lowest BCUT2D eigenvalue weighted by atomic mass is 10.1. The Morgan fingerprint density at radius 1 is 1.16 bits per heavy atom. The van der Waals surface area contributed by atoms with E-state index >= 15 is 0 Å². The Morgan fingerprint density at radius 3 is 2.48 bits per heavy atom. The van der Waals surface area contributed by atoms with Gasteiger partial charge >= 0.3 is 0 Å². The summed E-state index contributed by atoms with van der Waals surface area (Å²) in [6.45, 7) is 2.77. The predicted octanol–water partition coefficient (Wildman–Crippen LogP) is 2.86. The van der Waals surface area contributed by atoms with Gasteiger partial charge in [-0.2, -0.15) is 0 Å². The largest absolute Gasteiger partial charge is 0.492 e. The van der Waals surface area contributed by atoms with Crippen LogP contribution in [0.5, 0.6) is 5.75 Å². The van der Waals surface area contributed by atoms with E-state index in [-0.39, 0.29) is 10.9 Å². The highest BCUT2D eigenvalue weighted by Crippen LogP contribution is 2.12. The summed E-state index contributed by atoms with van der Waals surface area (Å²) in [6, 6.07) is 14.9. The molecule has 3 N–H and O–H groups in total. The third-order valence-corrected chi connectivity index (χ3v) is 3.72. The average molecular weight is 356 g/mol. The van der Waals surface area contributed by atoms with Crippen molar-refractivity contribution in [3.8, 4) is 5.75 Å². The second-order valence-corrected chi connectivity index (χ2v) is 5.76. The van der Waals surface area contributed by atoms with Crippen LogP contribution >= 0.6 is 12.2 Å². The summed E-state index contributed by atoms with van der Waals surface area (Å²) in [6.07, 6.45) is 3.27. The van der Waals surface area contributed by atoms with Crippen molar-refractivity contribution in [2.45, 2.75) is 6.92 Å². The predicted molar refractivity (Wildman–Crippen MR) is 102 cm³/mol. The molecule has 0 aliphatic rings. The van der Waals surface area contributed by atoms with Gasteiger partial charge < -0.3 is 10.1 Å². The molecule has 0 bridgehead atoms. The molecular formula is C19H20N2O3S. The van der Waals surface area contributed by atoms with Crippen molar-refractivity contribution in [1.29, 1.82) is 0 Å². The summed E-state index contributed by atoms with van der Waals surface area (Å²) < 4.78 is 5.54. The highest BCUT2D eigenvalue weighted by Gasteiger charge is 2.00. The number of hydrogen-bond donors (Lipinski definition) is 3. The second kappa shape index (κ2) is 9.56. The third-order valence-electron chi connectivity index (χ3n) is 3.39. The molecule has 0 spiro atoms. The smallest absolute Gasteiger partial charge is 0.244 e. The van der Waals surface area contributed by atoms with Crippen molar-refractivity contribution in [3.63, 3.8) is 0 Å². The topological polar surface area (TPSA) is 70.6 Å². The van der Waals surface area contributed by atoms with Crippen LogP contribution in [0.3, 0.4) is 0 Å². The number of hydroxylamine groups is 1. The molecule has 0 heterocycles. The van der Waals surface area contributed by atoms with Crippen LogP contribution in [0, 0.1) is 6.92 Å². The second-order valence-electron chi connectivity index (χ2n) is 5.35. The number of aryl methyl sites for hydroxylation is 1. The summed E-state index contributed by atoms with van der Waals surface area (Å²) in [5, 5.41) is 11.5. The molecule has 0 aromatic heterocycles. The molecule has 2 rings (SSSR count). The van der Waals surface area contributed by atoms with E-state index in [4.69, 9.17) is 22.2 Å². The van der Waals surface area contributed by atoms with E-state index in [9.17, 15) is 4.79 Å². The zero-order valence-corrected chi connectivity index (χ0v) is 14.7. The van der Waals surface area contributed by atoms with Gasteiger partial charge in [0.15, 0.2) is 0 Å². The molecule has 0 radical (unpaired) electrons. The summed E-state index contributed by atoms with van der Waals surface area (Å²) in [5.74, 6) is 0.493. The number of rotatable bonds is 7. The van der Waals surface area contributed by atoms with Gasteiger partial charge in [-0.1, -0.05) is 42.0 Å². The lowest BCUT2D eigenvalue weighted by Crippen LogP contribution is -2.26. The van der Waals surface area contributed by atoms with E-state index in [1.807, 2.05) is 36.7 Å². The summed E-state index contributed by atoms with van der Waals surface area (Å²) in [4.78, 5) is 12.0. The van der Waals surface area contributed by atoms with Crippen LogP contribution in [-0.2, 0) is 4.79 Å². The minimum atomic E-state index is -0.168. The first-order chi connectivity index (χ1) is 12.1. The van der Waals surface area contributed by atoms with E-state index in [1.165, 1.54) is 11.6 Å². The molecule has 0 aliphatic heterocycles. The first-order valence-electron chi connectivity index (χ1n) is 7.78. The quantitative estimate of drug-likeness (QED) is 0.308. The molecule has 0 unspecified atom stereocenters. The molecule has 0 aliphatic carbocycles. The SMILES string of the molecule is Cc1ccc(C=CC(=O)NCCOc2ccc(C(=S)NO)cc2)cc1. The highest BCUT2D eigenvalue weighted by atomic mass is 32.1. The molecule has 5 nitrogen and oxygen atoms in total. The van der Waals surface area contributed by atoms with Crippen molar-refractivity contribution in [3.05, 3.63) is 71.3 Å². The molecular weight excluding hydrogens is 336 g/mol. The first-order valence-corrected chi connectivity index (χ1v) is 8.19. The fourth-order valence-corrected chi connectivity index (χ4v) is 2.15. The molecule has 0 fully saturated rings. The highest BCUT2D eigenvalue weighted by molar-refractivity contribution is 7.80. The van der Waals surface area contributed by atoms with Crippen LogP contribution in [0.25, 0.3) is 6.08 Å². The molecule has 130 valence electrons. The maximum atomic E-state index is 11.7. The zero-order chi connectivity index (χ0) is 18.1. The standard InChI is InChI=1S/C19H20N2O3S/c1-14-2-4-15(5-3-14)6-11-18(22)20-12-13-24-17-9-7-16(8-10-17)19(25)21-23/h2-11,23H,12-13H2,1H3,(H,20,22)(H,21,25). The van der Waals surface area contributed by atoms with Gasteiger partial charge in [0.2, 0.25) is 5.91 Å². The van der Waals surface area contributed by atoms with Gasteiger partial charge in [0.1, 0.15) is 17.3 Å². The number of hydrogen-bond acceptors (Lipinski definition) is 4. The summed E-state index contributed by atoms with van der Waals surface area (Å²) in [7, 11) is 0. The van der Waals surface area contributed by atoms with E-state index in [0.29, 0.717) is 24.5 Å². The Balaban J connectivity index is 1.70. The number of thiocarbonyl (C=S) groups is 1. The number of ether oxygens (including phenoxy) is 1. The van der Waals surface area contributed by atoms with Gasteiger partial charge in [-0.05, 0) is 42.8 Å². The van der Waals surface area contributed by atoms with Crippen molar-refractivity contribution >= 4 is 29.2 Å². The molecule has 2 aromatic carbocycles. The summed E-state index contributed by atoms with van der Waals surface area (Å²) >= 11 is 4.91. The third kappa shape index (κ3) is 6.37. The van der Waals surface area contributed by atoms with E-state index in [0.717, 1.165) is 5.56 Å². The van der Waals surface area contributed by atoms with E-state index < -0.39 is 0 Å². The fraction of sp³-hybridized carbons (Fsp3) is 0.158. The minimum Gasteiger partial charge on any atom is -0.492 e. The fourth-order valence-electron chi connectivity index (χ4n) is 2.02. The summed E-state index contributed by atoms with van der Waals surface area (Å²) in [5.41, 5.74) is 4.78. The Labute approximate surface area is 152 Å². The molecule has 6 heteroatoms. The van der Waals surface area contributed by atoms with E-state index in [2.05, 4.69) is 5.32 Å². The molecule has 0 saturated heterocycles. The van der Waals surface area contributed by atoms with Crippen LogP contribution in [0.1, 0.15) is 16.7 Å². The monoisotopic (exact) mass is 356 g/mol. The van der Waals surface area contributed by atoms with Crippen molar-refractivity contribution < 1.29 is 14.7 Å². The first kappa shape index (κ1) is 18.6. The molecule has 1 amide bonds. The Bertz CT molecular complexity index is 740. The molecule has 2 aromatic rings. The van der Waals surface area contributed by atoms with E-state index in [1.54, 1.807) is 30.3 Å². The van der Waals surface area contributed by atoms with Gasteiger partial charge in [0.05, 0.1) is 6.54 Å². The molecule has 25 heavy (non-hydrogen) atoms. The lowest BCUT2D eigenvalue weighted by Gasteiger charge is -2.08. The number of nitrogens with one attached hydrogen (secondary N) is 2. The Morgan fingerprint density at radius 2 is 1.84 bits per heavy atom. The van der Waals surface area contributed by atoms with Crippen LogP contribution in [0.15, 0.2) is 54.6 Å². The van der Waals surface area contributed by atoms with Gasteiger partial charge in [-0.3, -0.25) is 15.5 Å². The Kier molecular flexibility index (Phi) is 7.13. The van der Waals surface area contributed by atoms with Crippen molar-refractivity contribution in [2.75, 3.05) is 13.2 Å². The van der Waals surface area contributed by atoms with Gasteiger partial charge in [0, 0.05) is 11.6 Å². The van der Waals surface area contributed by atoms with Crippen LogP contribution in [0.2, 0.25) is 0 Å². The zero-order valence-electron chi connectivity index (χ0n) is 13.9. The number of benzene rings is 2. The van der Waals surface area contributed by atoms with Gasteiger partial charge in [-0.15, -0.1) is 0 Å². The molecule has 0 atom stereocenters. The number of carbonyl (C=O) groups excluding carboxylic acids is 1. The normalized spacial score (nSPS) is 10.5. The Hall–Kier alpha value is -2.70. The minimum absolute atomic E-state index is 0.168. The number of amides is 1. The van der Waals surface area contributed by atoms with Crippen molar-refractivity contribution in [2.24, 2.45) is 0 Å². The van der Waals surface area contributed by atoms with Gasteiger partial charge in [-0.25, -0.2) is 0 Å². The molecule has 0 saturated carbocycles. The maximum absolute atomic E-state index is 11.7. The van der Waals surface area contributed by atoms with Crippen LogP contribution in [0.4, 0.5) is 0 Å². The van der Waals surface area contributed by atoms with Crippen molar-refractivity contribution in [1.82, 2.24) is 10.8 Å². The average Bonchev–Trinajstić information content (AvgIpc) is 2.64. The van der Waals surface area contributed by atoms with Crippen LogP contribution < -0.4 is 15.5 Å². The van der Waals surface area contributed by atoms with Gasteiger partial charge in [0.25, 0.3) is 0 Å². The maximum Gasteiger partial charge on any atom is 0.244 e. The number of carbonyl (C=O) groups is 1. The van der Waals surface area contributed by atoms with Crippen LogP contribution in [-0.4, -0.2) is 29.3 Å². The lowest BCUT2D eigenvalue weighted by molar-refractivity contribution is -0.116.